The molecule has 0 spiro atoms. The number of benzene rings is 1. The van der Waals surface area contributed by atoms with Crippen molar-refractivity contribution in [1.29, 1.82) is 0 Å². The Labute approximate surface area is 143 Å². The van der Waals surface area contributed by atoms with E-state index in [1.54, 1.807) is 12.0 Å². The van der Waals surface area contributed by atoms with E-state index in [2.05, 4.69) is 5.32 Å². The topological polar surface area (TPSA) is 61.9 Å². The fourth-order valence-corrected chi connectivity index (χ4v) is 2.70. The average molecular weight is 333 g/mol. The molecule has 24 heavy (non-hydrogen) atoms. The van der Waals surface area contributed by atoms with E-state index in [0.717, 1.165) is 31.7 Å². The van der Waals surface area contributed by atoms with Gasteiger partial charge >= 0.3 is 0 Å². The van der Waals surface area contributed by atoms with Crippen LogP contribution in [0.3, 0.4) is 0 Å². The van der Waals surface area contributed by atoms with Crippen LogP contribution in [0, 0.1) is 6.92 Å². The molecule has 2 rings (SSSR count). The molecule has 0 bridgehead atoms. The highest BCUT2D eigenvalue weighted by Crippen LogP contribution is 2.09. The summed E-state index contributed by atoms with van der Waals surface area (Å²) >= 11 is 0. The SMILES string of the molecule is COCCN(CCC(=O)N1CCNCC1)C(=O)c1ccc(C)cc1. The fourth-order valence-electron chi connectivity index (χ4n) is 2.70. The molecule has 6 nitrogen and oxygen atoms in total. The fraction of sp³-hybridized carbons (Fsp3) is 0.556. The third-order valence-electron chi connectivity index (χ3n) is 4.22. The maximum atomic E-state index is 12.7. The van der Waals surface area contributed by atoms with Crippen LogP contribution in [0.2, 0.25) is 0 Å². The Kier molecular flexibility index (Phi) is 7.21. The number of hydrogen-bond acceptors (Lipinski definition) is 4. The highest BCUT2D eigenvalue weighted by molar-refractivity contribution is 5.94. The molecule has 1 aliphatic heterocycles. The second kappa shape index (κ2) is 9.39. The number of nitrogens with one attached hydrogen (secondary N) is 1. The number of methoxy groups -OCH3 is 1. The molecule has 6 heteroatoms. The van der Waals surface area contributed by atoms with Gasteiger partial charge < -0.3 is 19.9 Å². The van der Waals surface area contributed by atoms with Gasteiger partial charge in [0.25, 0.3) is 5.91 Å². The number of aryl methyl sites for hydroxylation is 1. The lowest BCUT2D eigenvalue weighted by Gasteiger charge is -2.29. The minimum absolute atomic E-state index is 0.0554. The van der Waals surface area contributed by atoms with Gasteiger partial charge in [-0.25, -0.2) is 0 Å². The Morgan fingerprint density at radius 3 is 2.46 bits per heavy atom. The van der Waals surface area contributed by atoms with Gasteiger partial charge in [0.15, 0.2) is 0 Å². The number of ether oxygens (including phenoxy) is 1. The summed E-state index contributed by atoms with van der Waals surface area (Å²) in [6.45, 7) is 6.49. The first-order valence-corrected chi connectivity index (χ1v) is 8.45. The van der Waals surface area contributed by atoms with E-state index in [9.17, 15) is 9.59 Å². The molecule has 1 N–H and O–H groups in total. The largest absolute Gasteiger partial charge is 0.383 e. The van der Waals surface area contributed by atoms with Crippen molar-refractivity contribution >= 4 is 11.8 Å². The third-order valence-corrected chi connectivity index (χ3v) is 4.22. The molecule has 1 aromatic carbocycles. The Morgan fingerprint density at radius 2 is 1.83 bits per heavy atom. The zero-order valence-electron chi connectivity index (χ0n) is 14.6. The standard InChI is InChI=1S/C18H27N3O3/c1-15-3-5-16(6-4-15)18(23)21(13-14-24-2)10-7-17(22)20-11-8-19-9-12-20/h3-6,19H,7-14H2,1-2H3. The molecule has 1 fully saturated rings. The van der Waals surface area contributed by atoms with E-state index >= 15 is 0 Å². The van der Waals surface area contributed by atoms with Gasteiger partial charge in [0.2, 0.25) is 5.91 Å². The van der Waals surface area contributed by atoms with Gasteiger partial charge in [-0.3, -0.25) is 9.59 Å². The van der Waals surface area contributed by atoms with Crippen molar-refractivity contribution in [3.63, 3.8) is 0 Å². The van der Waals surface area contributed by atoms with Crippen molar-refractivity contribution in [2.24, 2.45) is 0 Å². The van der Waals surface area contributed by atoms with Crippen LogP contribution >= 0.6 is 0 Å². The summed E-state index contributed by atoms with van der Waals surface area (Å²) in [5, 5.41) is 3.23. The number of carbonyl (C=O) groups is 2. The summed E-state index contributed by atoms with van der Waals surface area (Å²) < 4.78 is 5.10. The molecular formula is C18H27N3O3. The predicted molar refractivity (Wildman–Crippen MR) is 93.0 cm³/mol. The summed E-state index contributed by atoms with van der Waals surface area (Å²) in [5.74, 6) is 0.0517. The first-order valence-electron chi connectivity index (χ1n) is 8.45. The van der Waals surface area contributed by atoms with E-state index in [1.807, 2.05) is 36.1 Å². The van der Waals surface area contributed by atoms with Gasteiger partial charge in [-0.1, -0.05) is 17.7 Å². The molecular weight excluding hydrogens is 306 g/mol. The molecule has 132 valence electrons. The van der Waals surface area contributed by atoms with Crippen LogP contribution in [-0.2, 0) is 9.53 Å². The molecule has 0 saturated carbocycles. The smallest absolute Gasteiger partial charge is 0.253 e. The lowest BCUT2D eigenvalue weighted by molar-refractivity contribution is -0.132. The van der Waals surface area contributed by atoms with E-state index in [-0.39, 0.29) is 11.8 Å². The van der Waals surface area contributed by atoms with Gasteiger partial charge in [-0.15, -0.1) is 0 Å². The molecule has 0 unspecified atom stereocenters. The predicted octanol–water partition coefficient (Wildman–Crippen LogP) is 0.906. The Balaban J connectivity index is 1.95. The van der Waals surface area contributed by atoms with Crippen LogP contribution < -0.4 is 5.32 Å². The summed E-state index contributed by atoms with van der Waals surface area (Å²) in [6.07, 6.45) is 0.349. The second-order valence-corrected chi connectivity index (χ2v) is 6.03. The number of amides is 2. The first kappa shape index (κ1) is 18.4. The zero-order chi connectivity index (χ0) is 17.4. The van der Waals surface area contributed by atoms with Crippen molar-refractivity contribution in [3.8, 4) is 0 Å². The van der Waals surface area contributed by atoms with Gasteiger partial charge in [0, 0.05) is 58.4 Å². The Morgan fingerprint density at radius 1 is 1.17 bits per heavy atom. The monoisotopic (exact) mass is 333 g/mol. The summed E-state index contributed by atoms with van der Waals surface area (Å²) in [6, 6.07) is 7.51. The van der Waals surface area contributed by atoms with Gasteiger partial charge in [0.1, 0.15) is 0 Å². The van der Waals surface area contributed by atoms with Crippen LogP contribution in [0.5, 0.6) is 0 Å². The van der Waals surface area contributed by atoms with Crippen molar-refractivity contribution in [2.75, 3.05) is 53.0 Å². The summed E-state index contributed by atoms with van der Waals surface area (Å²) in [5.41, 5.74) is 1.76. The van der Waals surface area contributed by atoms with E-state index in [4.69, 9.17) is 4.74 Å². The number of piperazine rings is 1. The van der Waals surface area contributed by atoms with Crippen LogP contribution in [-0.4, -0.2) is 74.6 Å². The van der Waals surface area contributed by atoms with E-state index < -0.39 is 0 Å². The van der Waals surface area contributed by atoms with Crippen molar-refractivity contribution < 1.29 is 14.3 Å². The lowest BCUT2D eigenvalue weighted by atomic mass is 10.1. The maximum absolute atomic E-state index is 12.7. The molecule has 1 aromatic rings. The lowest BCUT2D eigenvalue weighted by Crippen LogP contribution is -2.47. The van der Waals surface area contributed by atoms with Crippen molar-refractivity contribution in [1.82, 2.24) is 15.1 Å². The van der Waals surface area contributed by atoms with Crippen LogP contribution in [0.25, 0.3) is 0 Å². The van der Waals surface area contributed by atoms with E-state index in [0.29, 0.717) is 31.7 Å². The first-order chi connectivity index (χ1) is 11.6. The molecule has 0 aromatic heterocycles. The molecule has 1 aliphatic rings. The minimum atomic E-state index is -0.0554. The Bertz CT molecular complexity index is 539. The summed E-state index contributed by atoms with van der Waals surface area (Å²) in [4.78, 5) is 28.6. The molecule has 0 radical (unpaired) electrons. The molecule has 0 aliphatic carbocycles. The number of nitrogens with zero attached hydrogens (tertiary/aromatic N) is 2. The van der Waals surface area contributed by atoms with Crippen LogP contribution in [0.15, 0.2) is 24.3 Å². The highest BCUT2D eigenvalue weighted by Gasteiger charge is 2.20. The third kappa shape index (κ3) is 5.32. The van der Waals surface area contributed by atoms with Crippen LogP contribution in [0.4, 0.5) is 0 Å². The van der Waals surface area contributed by atoms with Crippen molar-refractivity contribution in [2.45, 2.75) is 13.3 Å². The molecule has 1 saturated heterocycles. The van der Waals surface area contributed by atoms with Gasteiger partial charge in [0.05, 0.1) is 6.61 Å². The highest BCUT2D eigenvalue weighted by atomic mass is 16.5. The van der Waals surface area contributed by atoms with Gasteiger partial charge in [-0.05, 0) is 19.1 Å². The maximum Gasteiger partial charge on any atom is 0.253 e. The van der Waals surface area contributed by atoms with Crippen molar-refractivity contribution in [3.05, 3.63) is 35.4 Å². The number of hydrogen-bond donors (Lipinski definition) is 1. The normalized spacial score (nSPS) is 14.5. The number of rotatable bonds is 7. The quantitative estimate of drug-likeness (QED) is 0.805. The second-order valence-electron chi connectivity index (χ2n) is 6.03. The minimum Gasteiger partial charge on any atom is -0.383 e. The summed E-state index contributed by atoms with van der Waals surface area (Å²) in [7, 11) is 1.61. The average Bonchev–Trinajstić information content (AvgIpc) is 2.62. The molecule has 2 amide bonds. The Hall–Kier alpha value is -1.92. The van der Waals surface area contributed by atoms with Gasteiger partial charge in [-0.2, -0.15) is 0 Å². The van der Waals surface area contributed by atoms with Crippen LogP contribution in [0.1, 0.15) is 22.3 Å². The molecule has 0 atom stereocenters. The zero-order valence-corrected chi connectivity index (χ0v) is 14.6. The number of carbonyl (C=O) groups excluding carboxylic acids is 2. The van der Waals surface area contributed by atoms with E-state index in [1.165, 1.54) is 0 Å². The molecule has 1 heterocycles.